The zero-order valence-electron chi connectivity index (χ0n) is 12.8. The molecule has 0 aliphatic carbocycles. The summed E-state index contributed by atoms with van der Waals surface area (Å²) in [5.74, 6) is -0.178. The lowest BCUT2D eigenvalue weighted by atomic mass is 10.0. The van der Waals surface area contributed by atoms with Gasteiger partial charge in [0, 0.05) is 18.3 Å². The standard InChI is InChI=1S/C16H14FNO6S/c17-13-1-3-14(4-2-13)24-16(25)23-9-12-5-10(7-19)11(8-20)6-15(12)18(21)22/h1-6,19-20H,7-9H2. The van der Waals surface area contributed by atoms with Crippen LogP contribution < -0.4 is 4.74 Å². The van der Waals surface area contributed by atoms with Gasteiger partial charge in [0.05, 0.1) is 23.7 Å². The van der Waals surface area contributed by atoms with Gasteiger partial charge in [0.15, 0.2) is 0 Å². The van der Waals surface area contributed by atoms with E-state index in [1.54, 1.807) is 0 Å². The van der Waals surface area contributed by atoms with Crippen molar-refractivity contribution >= 4 is 23.1 Å². The Balaban J connectivity index is 2.11. The molecule has 25 heavy (non-hydrogen) atoms. The van der Waals surface area contributed by atoms with Gasteiger partial charge in [0.2, 0.25) is 0 Å². The second-order valence-electron chi connectivity index (χ2n) is 4.92. The second-order valence-corrected chi connectivity index (χ2v) is 5.25. The van der Waals surface area contributed by atoms with Crippen molar-refractivity contribution in [1.29, 1.82) is 0 Å². The van der Waals surface area contributed by atoms with Crippen LogP contribution in [0.25, 0.3) is 0 Å². The fourth-order valence-electron chi connectivity index (χ4n) is 2.07. The van der Waals surface area contributed by atoms with Gasteiger partial charge in [-0.15, -0.1) is 0 Å². The first-order chi connectivity index (χ1) is 11.9. The van der Waals surface area contributed by atoms with E-state index < -0.39 is 24.0 Å². The molecule has 0 amide bonds. The molecule has 0 aliphatic heterocycles. The number of ether oxygens (including phenoxy) is 2. The van der Waals surface area contributed by atoms with Crippen molar-refractivity contribution in [2.24, 2.45) is 0 Å². The average Bonchev–Trinajstić information content (AvgIpc) is 2.60. The summed E-state index contributed by atoms with van der Waals surface area (Å²) in [6.45, 7) is -1.10. The van der Waals surface area contributed by atoms with Crippen LogP contribution in [0.3, 0.4) is 0 Å². The van der Waals surface area contributed by atoms with Crippen LogP contribution in [-0.4, -0.2) is 20.4 Å². The number of nitro groups is 1. The molecular weight excluding hydrogens is 353 g/mol. The van der Waals surface area contributed by atoms with Gasteiger partial charge in [-0.25, -0.2) is 4.39 Å². The van der Waals surface area contributed by atoms with Gasteiger partial charge in [-0.3, -0.25) is 10.1 Å². The molecule has 7 nitrogen and oxygen atoms in total. The van der Waals surface area contributed by atoms with Crippen molar-refractivity contribution in [2.45, 2.75) is 19.8 Å². The number of nitro benzene ring substituents is 1. The third-order valence-electron chi connectivity index (χ3n) is 3.30. The molecule has 0 bridgehead atoms. The predicted octanol–water partition coefficient (Wildman–Crippen LogP) is 2.60. The van der Waals surface area contributed by atoms with E-state index in [1.807, 2.05) is 0 Å². The van der Waals surface area contributed by atoms with Gasteiger partial charge in [-0.1, -0.05) is 0 Å². The summed E-state index contributed by atoms with van der Waals surface area (Å²) in [6.07, 6.45) is 0. The number of aliphatic hydroxyl groups excluding tert-OH is 2. The highest BCUT2D eigenvalue weighted by Gasteiger charge is 2.19. The summed E-state index contributed by atoms with van der Waals surface area (Å²) >= 11 is 4.89. The molecule has 132 valence electrons. The molecule has 2 N–H and O–H groups in total. The Morgan fingerprint density at radius 1 is 1.12 bits per heavy atom. The molecule has 0 spiro atoms. The van der Waals surface area contributed by atoms with Gasteiger partial charge in [0.1, 0.15) is 18.2 Å². The van der Waals surface area contributed by atoms with Gasteiger partial charge < -0.3 is 19.7 Å². The van der Waals surface area contributed by atoms with Crippen LogP contribution in [0.1, 0.15) is 16.7 Å². The van der Waals surface area contributed by atoms with Crippen LogP contribution in [0.4, 0.5) is 10.1 Å². The van der Waals surface area contributed by atoms with E-state index in [0.717, 1.165) is 0 Å². The summed E-state index contributed by atoms with van der Waals surface area (Å²) in [5.41, 5.74) is 0.488. The highest BCUT2D eigenvalue weighted by molar-refractivity contribution is 7.79. The summed E-state index contributed by atoms with van der Waals surface area (Å²) in [6, 6.07) is 7.62. The number of hydrogen-bond donors (Lipinski definition) is 2. The van der Waals surface area contributed by atoms with Crippen molar-refractivity contribution in [2.75, 3.05) is 0 Å². The number of aliphatic hydroxyl groups is 2. The summed E-state index contributed by atoms with van der Waals surface area (Å²) in [5, 5.41) is 29.4. The maximum absolute atomic E-state index is 12.8. The molecule has 0 saturated heterocycles. The second kappa shape index (κ2) is 8.47. The van der Waals surface area contributed by atoms with E-state index in [-0.39, 0.29) is 34.4 Å². The van der Waals surface area contributed by atoms with E-state index >= 15 is 0 Å². The van der Waals surface area contributed by atoms with Crippen molar-refractivity contribution in [3.63, 3.8) is 0 Å². The Morgan fingerprint density at radius 2 is 1.72 bits per heavy atom. The third kappa shape index (κ3) is 4.92. The zero-order valence-corrected chi connectivity index (χ0v) is 13.7. The quantitative estimate of drug-likeness (QED) is 0.460. The van der Waals surface area contributed by atoms with E-state index in [9.17, 15) is 24.7 Å². The summed E-state index contributed by atoms with van der Waals surface area (Å²) in [4.78, 5) is 10.5. The molecule has 2 rings (SSSR count). The van der Waals surface area contributed by atoms with Crippen LogP contribution in [0.5, 0.6) is 5.75 Å². The molecule has 9 heteroatoms. The van der Waals surface area contributed by atoms with Crippen molar-refractivity contribution in [1.82, 2.24) is 0 Å². The molecule has 0 radical (unpaired) electrons. The van der Waals surface area contributed by atoms with Crippen LogP contribution >= 0.6 is 12.2 Å². The molecule has 0 saturated carbocycles. The predicted molar refractivity (Wildman–Crippen MR) is 89.4 cm³/mol. The number of hydrogen-bond acceptors (Lipinski definition) is 7. The maximum Gasteiger partial charge on any atom is 0.358 e. The molecule has 0 heterocycles. The van der Waals surface area contributed by atoms with Crippen molar-refractivity contribution < 1.29 is 29.0 Å². The molecule has 0 aliphatic rings. The molecular formula is C16H14FNO6S. The van der Waals surface area contributed by atoms with Crippen molar-refractivity contribution in [3.05, 3.63) is 69.0 Å². The smallest absolute Gasteiger partial charge is 0.358 e. The van der Waals surface area contributed by atoms with Crippen molar-refractivity contribution in [3.8, 4) is 5.75 Å². The third-order valence-corrected chi connectivity index (χ3v) is 3.50. The number of benzene rings is 2. The Kier molecular flexibility index (Phi) is 6.34. The van der Waals surface area contributed by atoms with E-state index in [2.05, 4.69) is 0 Å². The summed E-state index contributed by atoms with van der Waals surface area (Å²) < 4.78 is 23.2. The monoisotopic (exact) mass is 367 g/mol. The molecule has 2 aromatic carbocycles. The number of thiocarbonyl (C=S) groups is 1. The minimum absolute atomic E-state index is 0.163. The van der Waals surface area contributed by atoms with Gasteiger partial charge in [0.25, 0.3) is 5.69 Å². The molecule has 2 aromatic rings. The van der Waals surface area contributed by atoms with Crippen LogP contribution in [-0.2, 0) is 24.6 Å². The van der Waals surface area contributed by atoms with Crippen LogP contribution in [0.2, 0.25) is 0 Å². The lowest BCUT2D eigenvalue weighted by molar-refractivity contribution is -0.385. The fourth-order valence-corrected chi connectivity index (χ4v) is 2.23. The summed E-state index contributed by atoms with van der Waals surface area (Å²) in [7, 11) is 0. The minimum Gasteiger partial charge on any atom is -0.451 e. The Labute approximate surface area is 147 Å². The lowest BCUT2D eigenvalue weighted by Gasteiger charge is -2.11. The first-order valence-electron chi connectivity index (χ1n) is 7.05. The van der Waals surface area contributed by atoms with Gasteiger partial charge >= 0.3 is 5.24 Å². The highest BCUT2D eigenvalue weighted by Crippen LogP contribution is 2.25. The molecule has 0 aromatic heterocycles. The van der Waals surface area contributed by atoms with Crippen LogP contribution in [0, 0.1) is 15.9 Å². The first-order valence-corrected chi connectivity index (χ1v) is 7.46. The van der Waals surface area contributed by atoms with Gasteiger partial charge in [-0.2, -0.15) is 0 Å². The Hall–Kier alpha value is -2.62. The van der Waals surface area contributed by atoms with Gasteiger partial charge in [-0.05, 0) is 41.5 Å². The lowest BCUT2D eigenvalue weighted by Crippen LogP contribution is -2.11. The number of halogens is 1. The average molecular weight is 367 g/mol. The molecule has 0 fully saturated rings. The first kappa shape index (κ1) is 18.7. The van der Waals surface area contributed by atoms with E-state index in [0.29, 0.717) is 5.56 Å². The zero-order chi connectivity index (χ0) is 18.4. The normalized spacial score (nSPS) is 10.4. The highest BCUT2D eigenvalue weighted by atomic mass is 32.1. The number of rotatable bonds is 6. The van der Waals surface area contributed by atoms with E-state index in [1.165, 1.54) is 36.4 Å². The van der Waals surface area contributed by atoms with E-state index in [4.69, 9.17) is 21.7 Å². The Morgan fingerprint density at radius 3 is 2.28 bits per heavy atom. The van der Waals surface area contributed by atoms with Crippen LogP contribution in [0.15, 0.2) is 36.4 Å². The fraction of sp³-hybridized carbons (Fsp3) is 0.188. The topological polar surface area (TPSA) is 102 Å². The largest absolute Gasteiger partial charge is 0.451 e. The SMILES string of the molecule is O=[N+]([O-])c1cc(CO)c(CO)cc1COC(=S)Oc1ccc(F)cc1. The Bertz CT molecular complexity index is 781. The maximum atomic E-state index is 12.8. The molecule has 0 atom stereocenters. The number of nitrogens with zero attached hydrogens (tertiary/aromatic N) is 1. The minimum atomic E-state index is -0.622. The molecule has 0 unspecified atom stereocenters.